The number of halogens is 2. The maximum absolute atomic E-state index is 13.8. The first-order valence-electron chi connectivity index (χ1n) is 12.0. The SMILES string of the molecule is CCc1cccc(CNC[C@H](O)[C@@H](Cc2cc(F)cc(F)c2)NC(=O)c2cc(NC(C)=O)ccc2O)c1. The van der Waals surface area contributed by atoms with Gasteiger partial charge < -0.3 is 26.2 Å². The highest BCUT2D eigenvalue weighted by Crippen LogP contribution is 2.22. The summed E-state index contributed by atoms with van der Waals surface area (Å²) in [6.45, 7) is 3.92. The summed E-state index contributed by atoms with van der Waals surface area (Å²) in [4.78, 5) is 24.4. The number of rotatable bonds is 11. The van der Waals surface area contributed by atoms with Crippen LogP contribution in [-0.4, -0.2) is 40.7 Å². The van der Waals surface area contributed by atoms with Crippen molar-refractivity contribution in [2.24, 2.45) is 0 Å². The van der Waals surface area contributed by atoms with Crippen molar-refractivity contribution >= 4 is 17.5 Å². The van der Waals surface area contributed by atoms with Crippen molar-refractivity contribution in [1.82, 2.24) is 10.6 Å². The minimum Gasteiger partial charge on any atom is -0.507 e. The highest BCUT2D eigenvalue weighted by Gasteiger charge is 2.24. The molecule has 9 heteroatoms. The van der Waals surface area contributed by atoms with Crippen LogP contribution in [0.5, 0.6) is 5.75 Å². The fraction of sp³-hybridized carbons (Fsp3) is 0.286. The van der Waals surface area contributed by atoms with Crippen LogP contribution < -0.4 is 16.0 Å². The predicted octanol–water partition coefficient (Wildman–Crippen LogP) is 3.68. The van der Waals surface area contributed by atoms with Crippen LogP contribution >= 0.6 is 0 Å². The molecular formula is C28H31F2N3O4. The number of aliphatic hydroxyl groups excluding tert-OH is 1. The van der Waals surface area contributed by atoms with E-state index >= 15 is 0 Å². The lowest BCUT2D eigenvalue weighted by Gasteiger charge is -2.25. The van der Waals surface area contributed by atoms with Crippen molar-refractivity contribution in [3.05, 3.63) is 94.6 Å². The molecule has 0 bridgehead atoms. The quantitative estimate of drug-likeness (QED) is 0.252. The number of aromatic hydroxyl groups is 1. The second kappa shape index (κ2) is 12.9. The third kappa shape index (κ3) is 8.37. The molecule has 0 aliphatic heterocycles. The molecule has 0 heterocycles. The number of phenolic OH excluding ortho intramolecular Hbond substituents is 1. The third-order valence-electron chi connectivity index (χ3n) is 5.80. The number of hydrogen-bond donors (Lipinski definition) is 5. The fourth-order valence-corrected chi connectivity index (χ4v) is 3.98. The van der Waals surface area contributed by atoms with Crippen LogP contribution in [0.2, 0.25) is 0 Å². The first-order valence-corrected chi connectivity index (χ1v) is 12.0. The molecule has 3 aromatic carbocycles. The second-order valence-electron chi connectivity index (χ2n) is 8.85. The van der Waals surface area contributed by atoms with Gasteiger partial charge in [-0.15, -0.1) is 0 Å². The smallest absolute Gasteiger partial charge is 0.255 e. The van der Waals surface area contributed by atoms with E-state index in [2.05, 4.69) is 28.9 Å². The van der Waals surface area contributed by atoms with Gasteiger partial charge in [-0.2, -0.15) is 0 Å². The van der Waals surface area contributed by atoms with E-state index in [1.54, 1.807) is 0 Å². The lowest BCUT2D eigenvalue weighted by Crippen LogP contribution is -2.48. The molecule has 5 N–H and O–H groups in total. The van der Waals surface area contributed by atoms with Crippen molar-refractivity contribution in [2.45, 2.75) is 45.4 Å². The van der Waals surface area contributed by atoms with Gasteiger partial charge in [-0.1, -0.05) is 31.2 Å². The number of aliphatic hydroxyl groups is 1. The molecule has 0 aliphatic rings. The van der Waals surface area contributed by atoms with Crippen molar-refractivity contribution < 1.29 is 28.6 Å². The molecule has 0 unspecified atom stereocenters. The van der Waals surface area contributed by atoms with Gasteiger partial charge in [-0.3, -0.25) is 9.59 Å². The van der Waals surface area contributed by atoms with Crippen LogP contribution in [0.25, 0.3) is 0 Å². The summed E-state index contributed by atoms with van der Waals surface area (Å²) in [5, 5.41) is 29.5. The number of aryl methyl sites for hydroxylation is 1. The van der Waals surface area contributed by atoms with Gasteiger partial charge in [0.05, 0.1) is 17.7 Å². The van der Waals surface area contributed by atoms with E-state index in [0.717, 1.165) is 30.2 Å². The molecule has 0 saturated carbocycles. The number of anilines is 1. The maximum Gasteiger partial charge on any atom is 0.255 e. The summed E-state index contributed by atoms with van der Waals surface area (Å²) >= 11 is 0. The van der Waals surface area contributed by atoms with E-state index in [1.807, 2.05) is 18.2 Å². The lowest BCUT2D eigenvalue weighted by molar-refractivity contribution is -0.114. The molecule has 0 radical (unpaired) electrons. The lowest BCUT2D eigenvalue weighted by atomic mass is 9.99. The van der Waals surface area contributed by atoms with E-state index in [1.165, 1.54) is 30.7 Å². The van der Waals surface area contributed by atoms with Crippen molar-refractivity contribution in [3.8, 4) is 5.75 Å². The Labute approximate surface area is 214 Å². The van der Waals surface area contributed by atoms with E-state index in [0.29, 0.717) is 12.2 Å². The van der Waals surface area contributed by atoms with Crippen LogP contribution in [0, 0.1) is 11.6 Å². The van der Waals surface area contributed by atoms with Gasteiger partial charge in [0.25, 0.3) is 5.91 Å². The zero-order valence-electron chi connectivity index (χ0n) is 20.7. The Morgan fingerprint density at radius 3 is 2.32 bits per heavy atom. The van der Waals surface area contributed by atoms with E-state index in [9.17, 15) is 28.6 Å². The summed E-state index contributed by atoms with van der Waals surface area (Å²) in [7, 11) is 0. The van der Waals surface area contributed by atoms with Crippen LogP contribution in [0.3, 0.4) is 0 Å². The Morgan fingerprint density at radius 2 is 1.65 bits per heavy atom. The summed E-state index contributed by atoms with van der Waals surface area (Å²) in [5.41, 5.74) is 2.63. The molecule has 0 spiro atoms. The minimum atomic E-state index is -1.13. The predicted molar refractivity (Wildman–Crippen MR) is 137 cm³/mol. The normalized spacial score (nSPS) is 12.6. The molecule has 0 fully saturated rings. The number of hydrogen-bond acceptors (Lipinski definition) is 5. The number of amides is 2. The number of benzene rings is 3. The van der Waals surface area contributed by atoms with Crippen LogP contribution in [0.15, 0.2) is 60.7 Å². The van der Waals surface area contributed by atoms with Crippen molar-refractivity contribution in [3.63, 3.8) is 0 Å². The topological polar surface area (TPSA) is 111 Å². The average Bonchev–Trinajstić information content (AvgIpc) is 2.84. The van der Waals surface area contributed by atoms with Crippen molar-refractivity contribution in [2.75, 3.05) is 11.9 Å². The van der Waals surface area contributed by atoms with Crippen LogP contribution in [0.1, 0.15) is 40.9 Å². The van der Waals surface area contributed by atoms with Gasteiger partial charge in [-0.25, -0.2) is 8.78 Å². The first-order chi connectivity index (χ1) is 17.6. The first kappa shape index (κ1) is 27.8. The van der Waals surface area contributed by atoms with Gasteiger partial charge in [0, 0.05) is 31.8 Å². The Bertz CT molecular complexity index is 1230. The summed E-state index contributed by atoms with van der Waals surface area (Å²) < 4.78 is 27.6. The second-order valence-corrected chi connectivity index (χ2v) is 8.85. The summed E-state index contributed by atoms with van der Waals surface area (Å²) in [6, 6.07) is 14.0. The molecule has 2 atom stereocenters. The zero-order chi connectivity index (χ0) is 26.9. The maximum atomic E-state index is 13.8. The van der Waals surface area contributed by atoms with Crippen LogP contribution in [-0.2, 0) is 24.2 Å². The molecule has 3 aromatic rings. The van der Waals surface area contributed by atoms with Crippen LogP contribution in [0.4, 0.5) is 14.5 Å². The van der Waals surface area contributed by atoms with Gasteiger partial charge >= 0.3 is 0 Å². The van der Waals surface area contributed by atoms with Gasteiger partial charge in [0.15, 0.2) is 0 Å². The fourth-order valence-electron chi connectivity index (χ4n) is 3.98. The van der Waals surface area contributed by atoms with E-state index in [-0.39, 0.29) is 35.7 Å². The summed E-state index contributed by atoms with van der Waals surface area (Å²) in [6.07, 6.45) is -0.309. The monoisotopic (exact) mass is 511 g/mol. The molecule has 0 saturated heterocycles. The number of nitrogens with one attached hydrogen (secondary N) is 3. The van der Waals surface area contributed by atoms with Gasteiger partial charge in [-0.05, 0) is 59.9 Å². The molecule has 196 valence electrons. The number of carbonyl (C=O) groups is 2. The number of phenols is 1. The van der Waals surface area contributed by atoms with Crippen molar-refractivity contribution in [1.29, 1.82) is 0 Å². The van der Waals surface area contributed by atoms with Gasteiger partial charge in [0.2, 0.25) is 5.91 Å². The zero-order valence-corrected chi connectivity index (χ0v) is 20.7. The largest absolute Gasteiger partial charge is 0.507 e. The average molecular weight is 512 g/mol. The molecule has 7 nitrogen and oxygen atoms in total. The highest BCUT2D eigenvalue weighted by atomic mass is 19.1. The standard InChI is InChI=1S/C28H31F2N3O4/c1-3-18-5-4-6-19(9-18)15-31-16-27(36)25(12-20-10-21(29)13-22(30)11-20)33-28(37)24-14-23(32-17(2)34)7-8-26(24)35/h4-11,13-14,25,27,31,35-36H,3,12,15-16H2,1-2H3,(H,32,34)(H,33,37)/t25-,27+/m1/s1. The molecule has 37 heavy (non-hydrogen) atoms. The molecule has 3 rings (SSSR count). The molecular weight excluding hydrogens is 480 g/mol. The van der Waals surface area contributed by atoms with E-state index in [4.69, 9.17) is 0 Å². The van der Waals surface area contributed by atoms with Gasteiger partial charge in [0.1, 0.15) is 17.4 Å². The number of carbonyl (C=O) groups excluding carboxylic acids is 2. The molecule has 0 aromatic heterocycles. The van der Waals surface area contributed by atoms with E-state index < -0.39 is 29.7 Å². The Morgan fingerprint density at radius 1 is 0.946 bits per heavy atom. The molecule has 2 amide bonds. The highest BCUT2D eigenvalue weighted by molar-refractivity contribution is 5.99. The summed E-state index contributed by atoms with van der Waals surface area (Å²) in [5.74, 6) is -2.95. The Kier molecular flexibility index (Phi) is 9.71. The minimum absolute atomic E-state index is 0.0687. The Balaban J connectivity index is 1.77. The Hall–Kier alpha value is -3.82. The molecule has 0 aliphatic carbocycles. The third-order valence-corrected chi connectivity index (χ3v) is 5.80.